The molecule has 3 heterocycles. The van der Waals surface area contributed by atoms with Gasteiger partial charge in [0, 0.05) is 62.5 Å². The number of rotatable bonds is 8. The van der Waals surface area contributed by atoms with Gasteiger partial charge in [0.2, 0.25) is 5.91 Å². The van der Waals surface area contributed by atoms with Crippen LogP contribution in [-0.4, -0.2) is 58.3 Å². The van der Waals surface area contributed by atoms with Crippen molar-refractivity contribution in [3.8, 4) is 28.7 Å². The highest BCUT2D eigenvalue weighted by atomic mass is 16.5. The Balaban J connectivity index is 1.21. The van der Waals surface area contributed by atoms with Crippen LogP contribution in [0.3, 0.4) is 0 Å². The number of phenols is 1. The van der Waals surface area contributed by atoms with Gasteiger partial charge < -0.3 is 29.2 Å². The van der Waals surface area contributed by atoms with Gasteiger partial charge >= 0.3 is 0 Å². The molecule has 6 rings (SSSR count). The fraction of sp³-hybridized carbons (Fsp3) is 0.333. The third-order valence-electron chi connectivity index (χ3n) is 7.96. The number of aromatic nitrogens is 2. The first-order valence-corrected chi connectivity index (χ1v) is 14.4. The number of nitrogens with one attached hydrogen (secondary N) is 1. The molecule has 2 N–H and O–H groups in total. The number of hydrogen-bond donors (Lipinski definition) is 2. The van der Waals surface area contributed by atoms with Crippen LogP contribution in [0.4, 0.5) is 0 Å². The van der Waals surface area contributed by atoms with Crippen LogP contribution in [0.15, 0.2) is 79.4 Å². The van der Waals surface area contributed by atoms with Gasteiger partial charge in [-0.1, -0.05) is 30.3 Å². The molecule has 1 fully saturated rings. The van der Waals surface area contributed by atoms with E-state index >= 15 is 0 Å². The van der Waals surface area contributed by atoms with Gasteiger partial charge in [-0.2, -0.15) is 0 Å². The van der Waals surface area contributed by atoms with E-state index in [0.29, 0.717) is 49.8 Å². The van der Waals surface area contributed by atoms with E-state index in [1.54, 1.807) is 25.4 Å². The van der Waals surface area contributed by atoms with Gasteiger partial charge in [0.05, 0.1) is 20.0 Å². The smallest absolute Gasteiger partial charge is 0.220 e. The number of benzene rings is 3. The lowest BCUT2D eigenvalue weighted by atomic mass is 9.94. The Morgan fingerprint density at radius 2 is 2.00 bits per heavy atom. The topological polar surface area (TPSA) is 98.1 Å². The van der Waals surface area contributed by atoms with E-state index in [0.717, 1.165) is 42.0 Å². The minimum Gasteiger partial charge on any atom is -0.504 e. The largest absolute Gasteiger partial charge is 0.504 e. The molecule has 9 nitrogen and oxygen atoms in total. The van der Waals surface area contributed by atoms with E-state index in [1.807, 2.05) is 53.5 Å². The molecule has 1 aromatic heterocycles. The molecule has 0 spiro atoms. The predicted octanol–water partition coefficient (Wildman–Crippen LogP) is 4.89. The lowest BCUT2D eigenvalue weighted by Gasteiger charge is -2.20. The Bertz CT molecular complexity index is 1520. The van der Waals surface area contributed by atoms with Crippen LogP contribution in [0.1, 0.15) is 35.4 Å². The molecule has 2 aliphatic rings. The molecule has 0 unspecified atom stereocenters. The van der Waals surface area contributed by atoms with Gasteiger partial charge in [0.1, 0.15) is 5.75 Å². The summed E-state index contributed by atoms with van der Waals surface area (Å²) in [7, 11) is 1.66. The van der Waals surface area contributed by atoms with E-state index < -0.39 is 0 Å². The number of ether oxygens (including phenoxy) is 3. The molecule has 42 heavy (non-hydrogen) atoms. The molecule has 4 bridgehead atoms. The molecule has 1 saturated heterocycles. The number of phenolic OH excluding ortho intramolecular Hbond substituents is 1. The van der Waals surface area contributed by atoms with Crippen LogP contribution in [0.2, 0.25) is 0 Å². The zero-order valence-corrected chi connectivity index (χ0v) is 23.7. The Hall–Kier alpha value is -4.50. The standard InChI is InChI=1S/C33H36N4O5/c1-40-30-8-3-6-25(33(30)41-16-4-14-36-15-13-34-22-36)19-37-20-27-24-5-2-7-26(18-24)42-31-17-23(9-11-29(31)38)10-12-32(39)35-28(27)21-37/h2-3,5-9,11,13,15,17-18,22,27-28,38H,4,10,12,14,16,19-21H2,1H3,(H,35,39)/t27-,28+/m0/s1. The maximum Gasteiger partial charge on any atom is 0.220 e. The van der Waals surface area contributed by atoms with E-state index in [-0.39, 0.29) is 23.6 Å². The average molecular weight is 569 g/mol. The lowest BCUT2D eigenvalue weighted by molar-refractivity contribution is -0.121. The van der Waals surface area contributed by atoms with E-state index in [9.17, 15) is 9.90 Å². The number of likely N-dealkylation sites (tertiary alicyclic amines) is 1. The first kappa shape index (κ1) is 27.7. The molecule has 0 radical (unpaired) electrons. The van der Waals surface area contributed by atoms with Crippen LogP contribution in [0.25, 0.3) is 0 Å². The number of carbonyl (C=O) groups is 1. The van der Waals surface area contributed by atoms with Gasteiger partial charge in [0.15, 0.2) is 23.0 Å². The minimum absolute atomic E-state index is 0.0149. The zero-order valence-electron chi connectivity index (χ0n) is 23.7. The zero-order chi connectivity index (χ0) is 28.9. The number of imidazole rings is 1. The number of carbonyl (C=O) groups excluding carboxylic acids is 1. The maximum atomic E-state index is 13.1. The third kappa shape index (κ3) is 6.36. The second kappa shape index (κ2) is 12.6. The number of methoxy groups -OCH3 is 1. The van der Waals surface area contributed by atoms with Crippen LogP contribution < -0.4 is 19.5 Å². The number of nitrogens with zero attached hydrogens (tertiary/aromatic N) is 3. The second-order valence-electron chi connectivity index (χ2n) is 10.9. The first-order valence-electron chi connectivity index (χ1n) is 14.4. The Morgan fingerprint density at radius 1 is 1.10 bits per heavy atom. The Kier molecular flexibility index (Phi) is 8.28. The summed E-state index contributed by atoms with van der Waals surface area (Å²) in [6.45, 7) is 3.49. The fourth-order valence-corrected chi connectivity index (χ4v) is 5.86. The molecular formula is C33H36N4O5. The van der Waals surface area contributed by atoms with Crippen LogP contribution in [0, 0.1) is 0 Å². The van der Waals surface area contributed by atoms with Crippen molar-refractivity contribution in [3.05, 3.63) is 96.1 Å². The van der Waals surface area contributed by atoms with Crippen molar-refractivity contribution < 1.29 is 24.1 Å². The summed E-state index contributed by atoms with van der Waals surface area (Å²) >= 11 is 0. The fourth-order valence-electron chi connectivity index (χ4n) is 5.86. The monoisotopic (exact) mass is 568 g/mol. The van der Waals surface area contributed by atoms with Gasteiger partial charge in [-0.3, -0.25) is 9.69 Å². The van der Waals surface area contributed by atoms with E-state index in [2.05, 4.69) is 27.3 Å². The van der Waals surface area contributed by atoms with Crippen molar-refractivity contribution in [3.63, 3.8) is 0 Å². The number of hydrogen-bond acceptors (Lipinski definition) is 7. The van der Waals surface area contributed by atoms with Crippen molar-refractivity contribution in [2.24, 2.45) is 0 Å². The second-order valence-corrected chi connectivity index (χ2v) is 10.9. The molecule has 0 saturated carbocycles. The van der Waals surface area contributed by atoms with Crippen molar-refractivity contribution in [2.45, 2.75) is 44.3 Å². The van der Waals surface area contributed by atoms with Crippen molar-refractivity contribution in [1.82, 2.24) is 19.8 Å². The average Bonchev–Trinajstić information content (AvgIpc) is 3.66. The summed E-state index contributed by atoms with van der Waals surface area (Å²) in [6.07, 6.45) is 7.29. The highest BCUT2D eigenvalue weighted by Crippen LogP contribution is 2.37. The lowest BCUT2D eigenvalue weighted by Crippen LogP contribution is -2.39. The van der Waals surface area contributed by atoms with Gasteiger partial charge in [-0.15, -0.1) is 0 Å². The number of aromatic hydroxyl groups is 1. The molecular weight excluding hydrogens is 532 g/mol. The van der Waals surface area contributed by atoms with Crippen molar-refractivity contribution in [1.29, 1.82) is 0 Å². The highest BCUT2D eigenvalue weighted by Gasteiger charge is 2.35. The summed E-state index contributed by atoms with van der Waals surface area (Å²) in [6, 6.07) is 19.1. The Morgan fingerprint density at radius 3 is 2.86 bits per heavy atom. The Labute approximate surface area is 245 Å². The summed E-state index contributed by atoms with van der Waals surface area (Å²) < 4.78 is 20.1. The molecule has 2 aliphatic heterocycles. The maximum absolute atomic E-state index is 13.1. The number of aryl methyl sites for hydroxylation is 2. The number of para-hydroxylation sites is 1. The van der Waals surface area contributed by atoms with Gasteiger partial charge in [-0.05, 0) is 54.3 Å². The van der Waals surface area contributed by atoms with Crippen LogP contribution >= 0.6 is 0 Å². The molecule has 3 aromatic carbocycles. The summed E-state index contributed by atoms with van der Waals surface area (Å²) in [5.74, 6) is 2.67. The number of fused-ring (bicyclic) bond motifs is 6. The molecule has 9 heteroatoms. The SMILES string of the molecule is COc1cccc(CN2C[C@H]3NC(=O)CCc4ccc(O)c(c4)Oc4cccc(c4)[C@@H]3C2)c1OCCCn1ccnc1. The molecule has 4 aromatic rings. The summed E-state index contributed by atoms with van der Waals surface area (Å²) in [5.41, 5.74) is 3.06. The normalized spacial score (nSPS) is 18.5. The van der Waals surface area contributed by atoms with Crippen molar-refractivity contribution in [2.75, 3.05) is 26.8 Å². The van der Waals surface area contributed by atoms with Crippen LogP contribution in [0.5, 0.6) is 28.7 Å². The van der Waals surface area contributed by atoms with Crippen molar-refractivity contribution >= 4 is 5.91 Å². The number of amides is 1. The molecule has 0 aliphatic carbocycles. The highest BCUT2D eigenvalue weighted by molar-refractivity contribution is 5.77. The molecule has 218 valence electrons. The molecule has 1 amide bonds. The van der Waals surface area contributed by atoms with Gasteiger partial charge in [-0.25, -0.2) is 4.98 Å². The quantitative estimate of drug-likeness (QED) is 0.292. The van der Waals surface area contributed by atoms with E-state index in [4.69, 9.17) is 14.2 Å². The summed E-state index contributed by atoms with van der Waals surface area (Å²) in [4.78, 5) is 19.6. The summed E-state index contributed by atoms with van der Waals surface area (Å²) in [5, 5.41) is 13.7. The minimum atomic E-state index is -0.0600. The van der Waals surface area contributed by atoms with Crippen LogP contribution in [-0.2, 0) is 24.3 Å². The van der Waals surface area contributed by atoms with E-state index in [1.165, 1.54) is 0 Å². The third-order valence-corrected chi connectivity index (χ3v) is 7.96. The molecule has 2 atom stereocenters. The first-order chi connectivity index (χ1) is 20.6. The predicted molar refractivity (Wildman–Crippen MR) is 158 cm³/mol. The van der Waals surface area contributed by atoms with Gasteiger partial charge in [0.25, 0.3) is 0 Å².